The third kappa shape index (κ3) is 3.53. The van der Waals surface area contributed by atoms with Gasteiger partial charge in [0.1, 0.15) is 0 Å². The molecule has 2 rings (SSSR count). The number of aromatic nitrogens is 2. The van der Waals surface area contributed by atoms with Gasteiger partial charge in [-0.3, -0.25) is 0 Å². The van der Waals surface area contributed by atoms with Crippen LogP contribution in [0.2, 0.25) is 0 Å². The molecule has 102 valence electrons. The van der Waals surface area contributed by atoms with Gasteiger partial charge in [0.15, 0.2) is 5.82 Å². The normalized spacial score (nSPS) is 21.3. The fourth-order valence-electron chi connectivity index (χ4n) is 2.18. The van der Waals surface area contributed by atoms with Crippen molar-refractivity contribution in [3.8, 4) is 0 Å². The van der Waals surface area contributed by atoms with E-state index >= 15 is 0 Å². The molecular weight excluding hydrogens is 230 g/mol. The number of ether oxygens (including phenoxy) is 1. The van der Waals surface area contributed by atoms with E-state index in [1.165, 1.54) is 0 Å². The van der Waals surface area contributed by atoms with E-state index in [1.807, 2.05) is 0 Å². The summed E-state index contributed by atoms with van der Waals surface area (Å²) in [4.78, 5) is 4.49. The number of nitrogens with one attached hydrogen (secondary N) is 1. The summed E-state index contributed by atoms with van der Waals surface area (Å²) >= 11 is 0. The summed E-state index contributed by atoms with van der Waals surface area (Å²) in [6.45, 7) is 6.92. The Kier molecular flexibility index (Phi) is 5.13. The zero-order valence-corrected chi connectivity index (χ0v) is 11.3. The Bertz CT molecular complexity index is 348. The van der Waals surface area contributed by atoms with E-state index in [9.17, 15) is 0 Å². The van der Waals surface area contributed by atoms with Crippen LogP contribution in [-0.4, -0.2) is 35.9 Å². The molecule has 18 heavy (non-hydrogen) atoms. The van der Waals surface area contributed by atoms with Gasteiger partial charge in [-0.15, -0.1) is 0 Å². The second-order valence-electron chi connectivity index (χ2n) is 4.87. The Labute approximate surface area is 108 Å². The Hall–Kier alpha value is -0.940. The van der Waals surface area contributed by atoms with E-state index in [0.717, 1.165) is 57.2 Å². The largest absolute Gasteiger partial charge is 0.381 e. The van der Waals surface area contributed by atoms with Gasteiger partial charge < -0.3 is 14.6 Å². The first kappa shape index (κ1) is 13.5. The van der Waals surface area contributed by atoms with Crippen molar-refractivity contribution in [1.82, 2.24) is 15.5 Å². The van der Waals surface area contributed by atoms with Crippen molar-refractivity contribution >= 4 is 0 Å². The van der Waals surface area contributed by atoms with Gasteiger partial charge in [-0.05, 0) is 25.8 Å². The Morgan fingerprint density at radius 2 is 2.33 bits per heavy atom. The van der Waals surface area contributed by atoms with Crippen LogP contribution in [-0.2, 0) is 11.2 Å². The molecule has 1 fully saturated rings. The van der Waals surface area contributed by atoms with Gasteiger partial charge in [0.25, 0.3) is 0 Å². The number of hydrogen-bond acceptors (Lipinski definition) is 5. The van der Waals surface area contributed by atoms with Crippen molar-refractivity contribution in [2.75, 3.05) is 19.8 Å². The third-order valence-corrected chi connectivity index (χ3v) is 3.38. The zero-order valence-electron chi connectivity index (χ0n) is 11.3. The van der Waals surface area contributed by atoms with Crippen molar-refractivity contribution in [1.29, 1.82) is 0 Å². The molecule has 0 saturated carbocycles. The van der Waals surface area contributed by atoms with Crippen LogP contribution in [0.4, 0.5) is 0 Å². The summed E-state index contributed by atoms with van der Waals surface area (Å²) in [6, 6.07) is 0.429. The van der Waals surface area contributed by atoms with Gasteiger partial charge in [0, 0.05) is 25.0 Å². The average Bonchev–Trinajstić information content (AvgIpc) is 3.04. The van der Waals surface area contributed by atoms with Crippen LogP contribution >= 0.6 is 0 Å². The van der Waals surface area contributed by atoms with Crippen molar-refractivity contribution in [3.63, 3.8) is 0 Å². The Morgan fingerprint density at radius 1 is 1.44 bits per heavy atom. The van der Waals surface area contributed by atoms with Gasteiger partial charge in [0.05, 0.1) is 6.61 Å². The lowest BCUT2D eigenvalue weighted by molar-refractivity contribution is 0.192. The lowest BCUT2D eigenvalue weighted by Gasteiger charge is -2.13. The minimum absolute atomic E-state index is 0.325. The Balaban J connectivity index is 1.88. The number of rotatable bonds is 7. The molecule has 0 aromatic carbocycles. The zero-order chi connectivity index (χ0) is 12.8. The maximum Gasteiger partial charge on any atom is 0.228 e. The predicted molar refractivity (Wildman–Crippen MR) is 68.6 cm³/mol. The highest BCUT2D eigenvalue weighted by atomic mass is 16.5. The maximum absolute atomic E-state index is 5.34. The molecule has 5 heteroatoms. The van der Waals surface area contributed by atoms with Gasteiger partial charge in [-0.25, -0.2) is 0 Å². The molecule has 1 saturated heterocycles. The molecular formula is C13H23N3O2. The first-order valence-corrected chi connectivity index (χ1v) is 6.97. The molecule has 1 N–H and O–H groups in total. The summed E-state index contributed by atoms with van der Waals surface area (Å²) in [6.07, 6.45) is 4.04. The van der Waals surface area contributed by atoms with Crippen LogP contribution in [0.25, 0.3) is 0 Å². The molecule has 0 radical (unpaired) electrons. The molecule has 0 amide bonds. The van der Waals surface area contributed by atoms with Gasteiger partial charge in [-0.1, -0.05) is 19.0 Å². The lowest BCUT2D eigenvalue weighted by atomic mass is 10.1. The SMILES string of the molecule is CCCNC(CC)Cc1nc(C2CCOC2)no1. The van der Waals surface area contributed by atoms with Crippen LogP contribution in [0.5, 0.6) is 0 Å². The van der Waals surface area contributed by atoms with Gasteiger partial charge in [0.2, 0.25) is 5.89 Å². The summed E-state index contributed by atoms with van der Waals surface area (Å²) in [5.74, 6) is 1.88. The molecule has 5 nitrogen and oxygen atoms in total. The molecule has 0 bridgehead atoms. The highest BCUT2D eigenvalue weighted by molar-refractivity contribution is 4.98. The number of nitrogens with zero attached hydrogens (tertiary/aromatic N) is 2. The maximum atomic E-state index is 5.34. The van der Waals surface area contributed by atoms with Gasteiger partial charge in [-0.2, -0.15) is 4.98 Å². The quantitative estimate of drug-likeness (QED) is 0.804. The highest BCUT2D eigenvalue weighted by Crippen LogP contribution is 2.22. The van der Waals surface area contributed by atoms with E-state index in [-0.39, 0.29) is 0 Å². The van der Waals surface area contributed by atoms with Crippen LogP contribution in [0.3, 0.4) is 0 Å². The van der Waals surface area contributed by atoms with Crippen LogP contribution in [0.1, 0.15) is 50.7 Å². The molecule has 0 spiro atoms. The highest BCUT2D eigenvalue weighted by Gasteiger charge is 2.23. The third-order valence-electron chi connectivity index (χ3n) is 3.38. The molecule has 1 aromatic rings. The van der Waals surface area contributed by atoms with Crippen molar-refractivity contribution < 1.29 is 9.26 Å². The number of hydrogen-bond donors (Lipinski definition) is 1. The molecule has 2 atom stereocenters. The summed E-state index contributed by atoms with van der Waals surface area (Å²) < 4.78 is 10.7. The summed E-state index contributed by atoms with van der Waals surface area (Å²) in [5, 5.41) is 7.57. The van der Waals surface area contributed by atoms with E-state index in [1.54, 1.807) is 0 Å². The molecule has 1 aromatic heterocycles. The van der Waals surface area contributed by atoms with E-state index in [2.05, 4.69) is 29.3 Å². The predicted octanol–water partition coefficient (Wildman–Crippen LogP) is 1.89. The molecule has 1 aliphatic heterocycles. The van der Waals surface area contributed by atoms with Crippen LogP contribution in [0, 0.1) is 0 Å². The van der Waals surface area contributed by atoms with Crippen molar-refractivity contribution in [2.24, 2.45) is 0 Å². The smallest absolute Gasteiger partial charge is 0.228 e. The van der Waals surface area contributed by atoms with E-state index in [0.29, 0.717) is 12.0 Å². The van der Waals surface area contributed by atoms with Crippen molar-refractivity contribution in [2.45, 2.75) is 51.5 Å². The Morgan fingerprint density at radius 3 is 3.00 bits per heavy atom. The molecule has 2 unspecified atom stereocenters. The minimum Gasteiger partial charge on any atom is -0.381 e. The fraction of sp³-hybridized carbons (Fsp3) is 0.846. The summed E-state index contributed by atoms with van der Waals surface area (Å²) in [5.41, 5.74) is 0. The average molecular weight is 253 g/mol. The second-order valence-corrected chi connectivity index (χ2v) is 4.87. The first-order chi connectivity index (χ1) is 8.83. The summed E-state index contributed by atoms with van der Waals surface area (Å²) in [7, 11) is 0. The topological polar surface area (TPSA) is 60.2 Å². The minimum atomic E-state index is 0.325. The first-order valence-electron chi connectivity index (χ1n) is 6.97. The fourth-order valence-corrected chi connectivity index (χ4v) is 2.18. The molecule has 2 heterocycles. The van der Waals surface area contributed by atoms with Crippen LogP contribution in [0.15, 0.2) is 4.52 Å². The lowest BCUT2D eigenvalue weighted by Crippen LogP contribution is -2.31. The van der Waals surface area contributed by atoms with E-state index in [4.69, 9.17) is 9.26 Å². The molecule has 0 aliphatic carbocycles. The van der Waals surface area contributed by atoms with Crippen molar-refractivity contribution in [3.05, 3.63) is 11.7 Å². The van der Waals surface area contributed by atoms with Crippen LogP contribution < -0.4 is 5.32 Å². The monoisotopic (exact) mass is 253 g/mol. The standard InChI is InChI=1S/C13H23N3O2/c1-3-6-14-11(4-2)8-12-15-13(16-18-12)10-5-7-17-9-10/h10-11,14H,3-9H2,1-2H3. The second kappa shape index (κ2) is 6.85. The van der Waals surface area contributed by atoms with Gasteiger partial charge >= 0.3 is 0 Å². The molecule has 1 aliphatic rings. The van der Waals surface area contributed by atoms with E-state index < -0.39 is 0 Å².